The largest absolute Gasteiger partial charge is 0.307 e. The second kappa shape index (κ2) is 7.42. The highest BCUT2D eigenvalue weighted by atomic mass is 16.2. The molecule has 0 N–H and O–H groups in total. The summed E-state index contributed by atoms with van der Waals surface area (Å²) in [5.74, 6) is 0.365. The molecule has 3 nitrogen and oxygen atoms in total. The highest BCUT2D eigenvalue weighted by molar-refractivity contribution is 6.06. The lowest BCUT2D eigenvalue weighted by Crippen LogP contribution is -2.31. The summed E-state index contributed by atoms with van der Waals surface area (Å²) >= 11 is 0. The lowest BCUT2D eigenvalue weighted by atomic mass is 10.0. The molecule has 0 saturated heterocycles. The van der Waals surface area contributed by atoms with Gasteiger partial charge in [0.2, 0.25) is 0 Å². The first-order valence-corrected chi connectivity index (χ1v) is 7.47. The van der Waals surface area contributed by atoms with E-state index in [4.69, 9.17) is 5.26 Å². The number of amides is 1. The van der Waals surface area contributed by atoms with Gasteiger partial charge >= 0.3 is 0 Å². The van der Waals surface area contributed by atoms with Crippen LogP contribution in [0.15, 0.2) is 54.6 Å². The zero-order valence-corrected chi connectivity index (χ0v) is 13.0. The van der Waals surface area contributed by atoms with Crippen molar-refractivity contribution in [3.05, 3.63) is 65.7 Å². The molecular weight excluding hydrogens is 272 g/mol. The molecule has 22 heavy (non-hydrogen) atoms. The van der Waals surface area contributed by atoms with E-state index >= 15 is 0 Å². The summed E-state index contributed by atoms with van der Waals surface area (Å²) in [7, 11) is 0. The second-order valence-electron chi connectivity index (χ2n) is 5.48. The van der Waals surface area contributed by atoms with Gasteiger partial charge in [-0.05, 0) is 35.7 Å². The van der Waals surface area contributed by atoms with E-state index in [1.54, 1.807) is 4.90 Å². The molecule has 3 heteroatoms. The van der Waals surface area contributed by atoms with E-state index in [-0.39, 0.29) is 5.91 Å². The Kier molecular flexibility index (Phi) is 5.32. The number of hydrogen-bond acceptors (Lipinski definition) is 2. The third kappa shape index (κ3) is 3.73. The third-order valence-corrected chi connectivity index (χ3v) is 3.58. The number of carbonyl (C=O) groups is 1. The van der Waals surface area contributed by atoms with Gasteiger partial charge in [-0.15, -0.1) is 0 Å². The minimum atomic E-state index is -0.0724. The van der Waals surface area contributed by atoms with Crippen LogP contribution in [-0.4, -0.2) is 12.5 Å². The molecule has 2 aromatic carbocycles. The third-order valence-electron chi connectivity index (χ3n) is 3.58. The number of hydrogen-bond donors (Lipinski definition) is 0. The van der Waals surface area contributed by atoms with E-state index in [0.29, 0.717) is 24.4 Å². The van der Waals surface area contributed by atoms with Crippen molar-refractivity contribution < 1.29 is 4.79 Å². The highest BCUT2D eigenvalue weighted by Crippen LogP contribution is 2.19. The number of nitrogens with zero attached hydrogens (tertiary/aromatic N) is 2. The maximum Gasteiger partial charge on any atom is 0.258 e. The van der Waals surface area contributed by atoms with Crippen molar-refractivity contribution in [2.45, 2.75) is 26.2 Å². The number of anilines is 1. The minimum Gasteiger partial charge on any atom is -0.307 e. The van der Waals surface area contributed by atoms with Crippen LogP contribution in [0.25, 0.3) is 0 Å². The highest BCUT2D eigenvalue weighted by Gasteiger charge is 2.17. The molecule has 2 rings (SSSR count). The molecular formula is C19H20N2O. The van der Waals surface area contributed by atoms with Crippen molar-refractivity contribution in [3.8, 4) is 6.07 Å². The van der Waals surface area contributed by atoms with Gasteiger partial charge in [0, 0.05) is 17.8 Å². The topological polar surface area (TPSA) is 44.1 Å². The minimum absolute atomic E-state index is 0.0724. The van der Waals surface area contributed by atoms with Gasteiger partial charge in [0.25, 0.3) is 5.91 Å². The zero-order valence-electron chi connectivity index (χ0n) is 13.0. The Labute approximate surface area is 131 Å². The van der Waals surface area contributed by atoms with Gasteiger partial charge in [0.15, 0.2) is 0 Å². The molecule has 0 aliphatic rings. The Balaban J connectivity index is 2.27. The van der Waals surface area contributed by atoms with Gasteiger partial charge in [-0.2, -0.15) is 5.26 Å². The maximum atomic E-state index is 12.7. The fourth-order valence-corrected chi connectivity index (χ4v) is 2.28. The van der Waals surface area contributed by atoms with Crippen LogP contribution in [0.1, 0.15) is 42.1 Å². The second-order valence-corrected chi connectivity index (χ2v) is 5.48. The summed E-state index contributed by atoms with van der Waals surface area (Å²) in [5.41, 5.74) is 2.67. The van der Waals surface area contributed by atoms with Crippen LogP contribution in [-0.2, 0) is 0 Å². The average molecular weight is 292 g/mol. The fourth-order valence-electron chi connectivity index (χ4n) is 2.28. The lowest BCUT2D eigenvalue weighted by Gasteiger charge is -2.22. The summed E-state index contributed by atoms with van der Waals surface area (Å²) in [6.45, 7) is 4.64. The van der Waals surface area contributed by atoms with Crippen LogP contribution in [0, 0.1) is 11.3 Å². The van der Waals surface area contributed by atoms with Gasteiger partial charge in [-0.1, -0.05) is 44.2 Å². The van der Waals surface area contributed by atoms with E-state index in [1.165, 1.54) is 5.56 Å². The number of rotatable bonds is 5. The monoisotopic (exact) mass is 292 g/mol. The van der Waals surface area contributed by atoms with Crippen molar-refractivity contribution in [1.29, 1.82) is 5.26 Å². The Morgan fingerprint density at radius 3 is 2.27 bits per heavy atom. The number of nitriles is 1. The first-order chi connectivity index (χ1) is 10.6. The first-order valence-electron chi connectivity index (χ1n) is 7.47. The van der Waals surface area contributed by atoms with Crippen molar-refractivity contribution in [1.82, 2.24) is 0 Å². The summed E-state index contributed by atoms with van der Waals surface area (Å²) < 4.78 is 0. The molecule has 0 fully saturated rings. The van der Waals surface area contributed by atoms with Crippen LogP contribution in [0.3, 0.4) is 0 Å². The van der Waals surface area contributed by atoms with Crippen LogP contribution >= 0.6 is 0 Å². The standard InChI is InChI=1S/C19H20N2O/c1-15(2)16-9-11-17(12-10-16)19(22)21(14-6-13-20)18-7-4-3-5-8-18/h3-5,7-12,15H,6,14H2,1-2H3. The molecule has 0 unspecified atom stereocenters. The Hall–Kier alpha value is -2.60. The molecule has 0 aliphatic carbocycles. The molecule has 1 amide bonds. The molecule has 0 spiro atoms. The molecule has 0 saturated carbocycles. The summed E-state index contributed by atoms with van der Waals surface area (Å²) in [6.07, 6.45) is 0.310. The molecule has 0 radical (unpaired) electrons. The molecule has 0 aliphatic heterocycles. The molecule has 112 valence electrons. The molecule has 2 aromatic rings. The summed E-state index contributed by atoms with van der Waals surface area (Å²) in [5, 5.41) is 8.82. The Morgan fingerprint density at radius 2 is 1.73 bits per heavy atom. The predicted octanol–water partition coefficient (Wildman–Crippen LogP) is 4.37. The predicted molar refractivity (Wildman–Crippen MR) is 88.9 cm³/mol. The number of carbonyl (C=O) groups excluding carboxylic acids is 1. The lowest BCUT2D eigenvalue weighted by molar-refractivity contribution is 0.0987. The van der Waals surface area contributed by atoms with Gasteiger partial charge in [0.1, 0.15) is 0 Å². The van der Waals surface area contributed by atoms with Gasteiger partial charge < -0.3 is 4.90 Å². The number of benzene rings is 2. The fraction of sp³-hybridized carbons (Fsp3) is 0.263. The SMILES string of the molecule is CC(C)c1ccc(C(=O)N(CCC#N)c2ccccc2)cc1. The molecule has 0 heterocycles. The number of para-hydroxylation sites is 1. The maximum absolute atomic E-state index is 12.7. The Bertz CT molecular complexity index is 654. The van der Waals surface area contributed by atoms with E-state index in [2.05, 4.69) is 19.9 Å². The summed E-state index contributed by atoms with van der Waals surface area (Å²) in [4.78, 5) is 14.4. The van der Waals surface area contributed by atoms with E-state index in [0.717, 1.165) is 5.69 Å². The van der Waals surface area contributed by atoms with Crippen molar-refractivity contribution in [3.63, 3.8) is 0 Å². The first kappa shape index (κ1) is 15.8. The molecule has 0 atom stereocenters. The van der Waals surface area contributed by atoms with E-state index in [1.807, 2.05) is 54.6 Å². The average Bonchev–Trinajstić information content (AvgIpc) is 2.56. The van der Waals surface area contributed by atoms with Crippen molar-refractivity contribution >= 4 is 11.6 Å². The zero-order chi connectivity index (χ0) is 15.9. The normalized spacial score (nSPS) is 10.3. The Morgan fingerprint density at radius 1 is 1.09 bits per heavy atom. The van der Waals surface area contributed by atoms with E-state index in [9.17, 15) is 4.79 Å². The van der Waals surface area contributed by atoms with E-state index < -0.39 is 0 Å². The van der Waals surface area contributed by atoms with Gasteiger partial charge in [-0.25, -0.2) is 0 Å². The molecule has 0 bridgehead atoms. The molecule has 0 aromatic heterocycles. The quantitative estimate of drug-likeness (QED) is 0.821. The van der Waals surface area contributed by atoms with Crippen molar-refractivity contribution in [2.75, 3.05) is 11.4 Å². The van der Waals surface area contributed by atoms with Gasteiger partial charge in [-0.3, -0.25) is 4.79 Å². The summed E-state index contributed by atoms with van der Waals surface area (Å²) in [6, 6.07) is 19.3. The van der Waals surface area contributed by atoms with Crippen LogP contribution in [0.4, 0.5) is 5.69 Å². The van der Waals surface area contributed by atoms with Crippen LogP contribution in [0.5, 0.6) is 0 Å². The smallest absolute Gasteiger partial charge is 0.258 e. The van der Waals surface area contributed by atoms with Gasteiger partial charge in [0.05, 0.1) is 12.5 Å². The van der Waals surface area contributed by atoms with Crippen molar-refractivity contribution in [2.24, 2.45) is 0 Å². The van der Waals surface area contributed by atoms with Crippen LogP contribution < -0.4 is 4.90 Å². The van der Waals surface area contributed by atoms with Crippen LogP contribution in [0.2, 0.25) is 0 Å².